The monoisotopic (exact) mass is 306 g/mol. The lowest BCUT2D eigenvalue weighted by Gasteiger charge is -2.11. The molecule has 0 aromatic heterocycles. The molecule has 2 N–H and O–H groups in total. The summed E-state index contributed by atoms with van der Waals surface area (Å²) in [7, 11) is 0. The van der Waals surface area contributed by atoms with Crippen molar-refractivity contribution in [3.05, 3.63) is 23.8 Å². The predicted molar refractivity (Wildman–Crippen MR) is 81.7 cm³/mol. The lowest BCUT2D eigenvalue weighted by atomic mass is 10.1. The van der Waals surface area contributed by atoms with Gasteiger partial charge in [0.15, 0.2) is 0 Å². The second kappa shape index (κ2) is 6.49. The van der Waals surface area contributed by atoms with Gasteiger partial charge in [0.05, 0.1) is 12.3 Å². The Bertz CT molecular complexity index is 556. The van der Waals surface area contributed by atoms with Crippen LogP contribution in [0.4, 0.5) is 5.69 Å². The van der Waals surface area contributed by atoms with E-state index in [0.717, 1.165) is 36.0 Å². The number of thioether (sulfide) groups is 1. The number of carbonyl (C=O) groups is 2. The van der Waals surface area contributed by atoms with Crippen molar-refractivity contribution in [3.8, 4) is 0 Å². The van der Waals surface area contributed by atoms with E-state index >= 15 is 0 Å². The number of fused-ring (bicyclic) bond motifs is 1. The van der Waals surface area contributed by atoms with Crippen molar-refractivity contribution in [3.63, 3.8) is 0 Å². The average molecular weight is 306 g/mol. The molecule has 6 heteroatoms. The van der Waals surface area contributed by atoms with Gasteiger partial charge in [0.2, 0.25) is 5.91 Å². The van der Waals surface area contributed by atoms with Crippen LogP contribution in [0.5, 0.6) is 0 Å². The zero-order valence-corrected chi connectivity index (χ0v) is 12.5. The first-order valence-electron chi connectivity index (χ1n) is 7.15. The minimum absolute atomic E-state index is 0.00177. The van der Waals surface area contributed by atoms with Crippen LogP contribution in [0.1, 0.15) is 23.2 Å². The van der Waals surface area contributed by atoms with E-state index in [9.17, 15) is 9.59 Å². The van der Waals surface area contributed by atoms with Gasteiger partial charge >= 0.3 is 0 Å². The number of nitrogens with one attached hydrogen (secondary N) is 2. The van der Waals surface area contributed by atoms with Gasteiger partial charge in [-0.25, -0.2) is 0 Å². The average Bonchev–Trinajstić information content (AvgIpc) is 2.92. The van der Waals surface area contributed by atoms with E-state index in [-0.39, 0.29) is 11.8 Å². The molecule has 0 bridgehead atoms. The highest BCUT2D eigenvalue weighted by atomic mass is 32.2. The van der Waals surface area contributed by atoms with Crippen molar-refractivity contribution < 1.29 is 14.3 Å². The van der Waals surface area contributed by atoms with Gasteiger partial charge in [0.25, 0.3) is 5.91 Å². The number of benzene rings is 1. The van der Waals surface area contributed by atoms with Crippen LogP contribution in [0.15, 0.2) is 23.1 Å². The normalized spacial score (nSPS) is 21.3. The Morgan fingerprint density at radius 2 is 2.38 bits per heavy atom. The van der Waals surface area contributed by atoms with Crippen LogP contribution in [-0.4, -0.2) is 37.3 Å². The maximum atomic E-state index is 12.2. The molecule has 1 fully saturated rings. The number of hydrogen-bond donors (Lipinski definition) is 2. The highest BCUT2D eigenvalue weighted by Gasteiger charge is 2.18. The van der Waals surface area contributed by atoms with Crippen LogP contribution in [-0.2, 0) is 9.53 Å². The van der Waals surface area contributed by atoms with Crippen molar-refractivity contribution >= 4 is 29.3 Å². The number of hydrogen-bond acceptors (Lipinski definition) is 4. The Morgan fingerprint density at radius 3 is 3.19 bits per heavy atom. The molecule has 1 saturated heterocycles. The van der Waals surface area contributed by atoms with E-state index in [1.165, 1.54) is 0 Å². The molecule has 5 nitrogen and oxygen atoms in total. The molecule has 2 aliphatic rings. The van der Waals surface area contributed by atoms with Gasteiger partial charge < -0.3 is 15.4 Å². The van der Waals surface area contributed by atoms with Crippen LogP contribution in [0.2, 0.25) is 0 Å². The Morgan fingerprint density at radius 1 is 1.48 bits per heavy atom. The van der Waals surface area contributed by atoms with Crippen LogP contribution in [0.25, 0.3) is 0 Å². The molecule has 2 heterocycles. The quantitative estimate of drug-likeness (QED) is 0.895. The summed E-state index contributed by atoms with van der Waals surface area (Å²) < 4.78 is 5.29. The lowest BCUT2D eigenvalue weighted by molar-refractivity contribution is -0.115. The smallest absolute Gasteiger partial charge is 0.251 e. The fourth-order valence-corrected chi connectivity index (χ4v) is 3.38. The number of amides is 2. The molecule has 2 amide bonds. The molecule has 112 valence electrons. The zero-order valence-electron chi connectivity index (χ0n) is 11.7. The number of anilines is 1. The molecule has 21 heavy (non-hydrogen) atoms. The molecule has 0 spiro atoms. The Hall–Kier alpha value is -1.53. The van der Waals surface area contributed by atoms with E-state index < -0.39 is 0 Å². The fraction of sp³-hybridized carbons (Fsp3) is 0.467. The van der Waals surface area contributed by atoms with E-state index in [1.807, 2.05) is 12.1 Å². The van der Waals surface area contributed by atoms with Crippen LogP contribution in [0, 0.1) is 5.92 Å². The van der Waals surface area contributed by atoms with E-state index in [4.69, 9.17) is 4.74 Å². The molecule has 0 aliphatic carbocycles. The molecule has 1 atom stereocenters. The van der Waals surface area contributed by atoms with Crippen molar-refractivity contribution in [1.29, 1.82) is 0 Å². The summed E-state index contributed by atoms with van der Waals surface area (Å²) in [5.41, 5.74) is 1.31. The fourth-order valence-electron chi connectivity index (χ4n) is 2.44. The first-order chi connectivity index (χ1) is 10.2. The van der Waals surface area contributed by atoms with Gasteiger partial charge in [-0.1, -0.05) is 0 Å². The Labute approximate surface area is 127 Å². The lowest BCUT2D eigenvalue weighted by Crippen LogP contribution is -2.29. The Kier molecular flexibility index (Phi) is 4.45. The molecule has 3 rings (SSSR count). The highest BCUT2D eigenvalue weighted by Crippen LogP contribution is 2.31. The molecule has 0 radical (unpaired) electrons. The predicted octanol–water partition coefficient (Wildman–Crippen LogP) is 1.89. The summed E-state index contributed by atoms with van der Waals surface area (Å²) in [5.74, 6) is 1.08. The number of ether oxygens (including phenoxy) is 1. The summed E-state index contributed by atoms with van der Waals surface area (Å²) in [6.07, 6.45) is 1.50. The SMILES string of the molecule is O=C1CCSc2ccc(C(=O)NC[C@H]3CCOC3)cc2N1. The zero-order chi connectivity index (χ0) is 14.7. The molecule has 0 saturated carbocycles. The van der Waals surface area contributed by atoms with Gasteiger partial charge in [0.1, 0.15) is 0 Å². The van der Waals surface area contributed by atoms with E-state index in [2.05, 4.69) is 10.6 Å². The molecule has 2 aliphatic heterocycles. The van der Waals surface area contributed by atoms with Crippen molar-refractivity contribution in [1.82, 2.24) is 5.32 Å². The Balaban J connectivity index is 1.67. The summed E-state index contributed by atoms with van der Waals surface area (Å²) >= 11 is 1.64. The molecular weight excluding hydrogens is 288 g/mol. The first kappa shape index (κ1) is 14.4. The number of carbonyl (C=O) groups excluding carboxylic acids is 2. The minimum Gasteiger partial charge on any atom is -0.381 e. The molecule has 1 aromatic carbocycles. The molecule has 1 aromatic rings. The van der Waals surface area contributed by atoms with Crippen molar-refractivity contribution in [2.45, 2.75) is 17.7 Å². The molecular formula is C15H18N2O3S. The summed E-state index contributed by atoms with van der Waals surface area (Å²) in [4.78, 5) is 24.8. The largest absolute Gasteiger partial charge is 0.381 e. The number of rotatable bonds is 3. The van der Waals surface area contributed by atoms with Gasteiger partial charge in [-0.15, -0.1) is 11.8 Å². The van der Waals surface area contributed by atoms with Crippen LogP contribution < -0.4 is 10.6 Å². The minimum atomic E-state index is -0.104. The highest BCUT2D eigenvalue weighted by molar-refractivity contribution is 7.99. The second-order valence-corrected chi connectivity index (χ2v) is 6.43. The van der Waals surface area contributed by atoms with Gasteiger partial charge in [-0.2, -0.15) is 0 Å². The topological polar surface area (TPSA) is 67.4 Å². The van der Waals surface area contributed by atoms with Crippen LogP contribution >= 0.6 is 11.8 Å². The summed E-state index contributed by atoms with van der Waals surface area (Å²) in [6.45, 7) is 2.14. The molecule has 0 unspecified atom stereocenters. The van der Waals surface area contributed by atoms with Gasteiger partial charge in [0, 0.05) is 41.7 Å². The van der Waals surface area contributed by atoms with Gasteiger partial charge in [-0.3, -0.25) is 9.59 Å². The first-order valence-corrected chi connectivity index (χ1v) is 8.13. The third kappa shape index (κ3) is 3.57. The van der Waals surface area contributed by atoms with Crippen molar-refractivity contribution in [2.24, 2.45) is 5.92 Å². The third-order valence-corrected chi connectivity index (χ3v) is 4.75. The summed E-state index contributed by atoms with van der Waals surface area (Å²) in [5, 5.41) is 5.79. The van der Waals surface area contributed by atoms with E-state index in [1.54, 1.807) is 17.8 Å². The maximum Gasteiger partial charge on any atom is 0.251 e. The maximum absolute atomic E-state index is 12.2. The summed E-state index contributed by atoms with van der Waals surface area (Å²) in [6, 6.07) is 5.47. The third-order valence-electron chi connectivity index (χ3n) is 3.68. The van der Waals surface area contributed by atoms with Crippen molar-refractivity contribution in [2.75, 3.05) is 30.8 Å². The van der Waals surface area contributed by atoms with Gasteiger partial charge in [-0.05, 0) is 24.6 Å². The van der Waals surface area contributed by atoms with Crippen LogP contribution in [0.3, 0.4) is 0 Å². The van der Waals surface area contributed by atoms with E-state index in [0.29, 0.717) is 24.4 Å². The standard InChI is InChI=1S/C15H18N2O3S/c18-14-4-6-21-13-2-1-11(7-12(13)17-14)15(19)16-8-10-3-5-20-9-10/h1-2,7,10H,3-6,8-9H2,(H,16,19)(H,17,18)/t10-/m1/s1. The second-order valence-electron chi connectivity index (χ2n) is 5.30.